The van der Waals surface area contributed by atoms with Crippen LogP contribution in [0, 0.1) is 0 Å². The number of methoxy groups -OCH3 is 2. The van der Waals surface area contributed by atoms with Gasteiger partial charge < -0.3 is 18.8 Å². The Morgan fingerprint density at radius 3 is 2.47 bits per heavy atom. The number of piperazine rings is 1. The largest absolute Gasteiger partial charge is 0.497 e. The molecule has 6 nitrogen and oxygen atoms in total. The number of ether oxygens (including phenoxy) is 2. The zero-order valence-corrected chi connectivity index (χ0v) is 17.9. The van der Waals surface area contributed by atoms with Gasteiger partial charge in [0, 0.05) is 68.0 Å². The molecule has 0 N–H and O–H groups in total. The Morgan fingerprint density at radius 1 is 0.933 bits per heavy atom. The SMILES string of the molecule is COc1ccc(-c2cn3ccc(N4CCN(C5CCCC5)CC4)cc3n2)c(OC)c1. The van der Waals surface area contributed by atoms with Crippen LogP contribution in [0.15, 0.2) is 42.7 Å². The molecule has 0 atom stereocenters. The van der Waals surface area contributed by atoms with E-state index in [-0.39, 0.29) is 0 Å². The molecule has 30 heavy (non-hydrogen) atoms. The van der Waals surface area contributed by atoms with Crippen LogP contribution in [0.1, 0.15) is 25.7 Å². The number of imidazole rings is 1. The molecule has 6 heteroatoms. The first-order chi connectivity index (χ1) is 14.7. The van der Waals surface area contributed by atoms with Crippen molar-refractivity contribution in [2.45, 2.75) is 31.7 Å². The van der Waals surface area contributed by atoms with Gasteiger partial charge in [-0.25, -0.2) is 4.98 Å². The molecule has 0 amide bonds. The van der Waals surface area contributed by atoms with Gasteiger partial charge in [0.15, 0.2) is 0 Å². The van der Waals surface area contributed by atoms with Crippen molar-refractivity contribution < 1.29 is 9.47 Å². The molecule has 2 aromatic heterocycles. The van der Waals surface area contributed by atoms with Crippen LogP contribution in [0.5, 0.6) is 11.5 Å². The molecular formula is C24H30N4O2. The van der Waals surface area contributed by atoms with E-state index in [1.165, 1.54) is 44.5 Å². The van der Waals surface area contributed by atoms with Crippen LogP contribution in [0.2, 0.25) is 0 Å². The maximum absolute atomic E-state index is 5.57. The highest BCUT2D eigenvalue weighted by atomic mass is 16.5. The standard InChI is InChI=1S/C24H30N4O2/c1-29-20-7-8-21(23(16-20)30-2)22-17-28-10-9-19(15-24(28)25-22)27-13-11-26(12-14-27)18-5-3-4-6-18/h7-10,15-18H,3-6,11-14H2,1-2H3. The third-order valence-electron chi connectivity index (χ3n) is 6.65. The highest BCUT2D eigenvalue weighted by Crippen LogP contribution is 2.33. The van der Waals surface area contributed by atoms with E-state index in [1.807, 2.05) is 18.2 Å². The van der Waals surface area contributed by atoms with E-state index in [0.717, 1.165) is 47.5 Å². The molecule has 158 valence electrons. The van der Waals surface area contributed by atoms with Crippen molar-refractivity contribution in [3.63, 3.8) is 0 Å². The lowest BCUT2D eigenvalue weighted by Crippen LogP contribution is -2.49. The Morgan fingerprint density at radius 2 is 1.73 bits per heavy atom. The molecule has 3 aromatic rings. The Labute approximate surface area is 178 Å². The zero-order chi connectivity index (χ0) is 20.5. The number of fused-ring (bicyclic) bond motifs is 1. The van der Waals surface area contributed by atoms with Gasteiger partial charge >= 0.3 is 0 Å². The maximum atomic E-state index is 5.57. The first-order valence-electron chi connectivity index (χ1n) is 11.0. The summed E-state index contributed by atoms with van der Waals surface area (Å²) in [5, 5.41) is 0. The number of hydrogen-bond donors (Lipinski definition) is 0. The summed E-state index contributed by atoms with van der Waals surface area (Å²) in [5.74, 6) is 1.54. The topological polar surface area (TPSA) is 42.2 Å². The van der Waals surface area contributed by atoms with Crippen molar-refractivity contribution in [3.8, 4) is 22.8 Å². The van der Waals surface area contributed by atoms with Crippen LogP contribution >= 0.6 is 0 Å². The van der Waals surface area contributed by atoms with Gasteiger partial charge in [-0.2, -0.15) is 0 Å². The maximum Gasteiger partial charge on any atom is 0.139 e. The molecule has 2 aliphatic rings. The molecule has 1 saturated carbocycles. The molecule has 0 unspecified atom stereocenters. The molecule has 1 aliphatic carbocycles. The number of aromatic nitrogens is 2. The monoisotopic (exact) mass is 406 g/mol. The lowest BCUT2D eigenvalue weighted by atomic mass is 10.1. The fourth-order valence-corrected chi connectivity index (χ4v) is 4.92. The van der Waals surface area contributed by atoms with E-state index < -0.39 is 0 Å². The van der Waals surface area contributed by atoms with Crippen LogP contribution in [0.25, 0.3) is 16.9 Å². The highest BCUT2D eigenvalue weighted by molar-refractivity contribution is 5.71. The minimum Gasteiger partial charge on any atom is -0.497 e. The highest BCUT2D eigenvalue weighted by Gasteiger charge is 2.26. The third kappa shape index (κ3) is 3.60. The Hall–Kier alpha value is -2.73. The van der Waals surface area contributed by atoms with E-state index in [9.17, 15) is 0 Å². The van der Waals surface area contributed by atoms with E-state index in [2.05, 4.69) is 38.7 Å². The molecule has 0 radical (unpaired) electrons. The first-order valence-corrected chi connectivity index (χ1v) is 11.0. The first kappa shape index (κ1) is 19.2. The van der Waals surface area contributed by atoms with Gasteiger partial charge in [0.1, 0.15) is 17.1 Å². The van der Waals surface area contributed by atoms with E-state index in [1.54, 1.807) is 14.2 Å². The van der Waals surface area contributed by atoms with E-state index in [0.29, 0.717) is 0 Å². The summed E-state index contributed by atoms with van der Waals surface area (Å²) >= 11 is 0. The van der Waals surface area contributed by atoms with Gasteiger partial charge in [0.25, 0.3) is 0 Å². The Balaban J connectivity index is 1.36. The van der Waals surface area contributed by atoms with Gasteiger partial charge in [0.2, 0.25) is 0 Å². The van der Waals surface area contributed by atoms with Crippen LogP contribution < -0.4 is 14.4 Å². The van der Waals surface area contributed by atoms with E-state index in [4.69, 9.17) is 14.5 Å². The van der Waals surface area contributed by atoms with E-state index >= 15 is 0 Å². The summed E-state index contributed by atoms with van der Waals surface area (Å²) in [6.07, 6.45) is 9.75. The average Bonchev–Trinajstić information content (AvgIpc) is 3.48. The molecule has 0 spiro atoms. The molecule has 2 fully saturated rings. The third-order valence-corrected chi connectivity index (χ3v) is 6.65. The second kappa shape index (κ2) is 8.19. The summed E-state index contributed by atoms with van der Waals surface area (Å²) in [5.41, 5.74) is 4.08. The number of rotatable bonds is 5. The fraction of sp³-hybridized carbons (Fsp3) is 0.458. The van der Waals surface area contributed by atoms with Crippen molar-refractivity contribution in [3.05, 3.63) is 42.7 Å². The Kier molecular flexibility index (Phi) is 5.25. The van der Waals surface area contributed by atoms with Crippen LogP contribution in [-0.4, -0.2) is 60.7 Å². The smallest absolute Gasteiger partial charge is 0.139 e. The normalized spacial score (nSPS) is 18.3. The lowest BCUT2D eigenvalue weighted by Gasteiger charge is -2.39. The van der Waals surface area contributed by atoms with Crippen molar-refractivity contribution in [2.75, 3.05) is 45.3 Å². The Bertz CT molecular complexity index is 1020. The lowest BCUT2D eigenvalue weighted by molar-refractivity contribution is 0.187. The predicted molar refractivity (Wildman–Crippen MR) is 120 cm³/mol. The predicted octanol–water partition coefficient (Wildman–Crippen LogP) is 4.08. The summed E-state index contributed by atoms with van der Waals surface area (Å²) < 4.78 is 13.0. The minimum absolute atomic E-state index is 0.765. The van der Waals surface area contributed by atoms with Gasteiger partial charge in [-0.3, -0.25) is 4.90 Å². The number of pyridine rings is 1. The fourth-order valence-electron chi connectivity index (χ4n) is 4.92. The van der Waals surface area contributed by atoms with Gasteiger partial charge in [-0.1, -0.05) is 12.8 Å². The van der Waals surface area contributed by atoms with Crippen molar-refractivity contribution in [1.82, 2.24) is 14.3 Å². The van der Waals surface area contributed by atoms with Crippen molar-refractivity contribution in [2.24, 2.45) is 0 Å². The van der Waals surface area contributed by atoms with Crippen LogP contribution in [0.3, 0.4) is 0 Å². The number of hydrogen-bond acceptors (Lipinski definition) is 5. The molecule has 0 bridgehead atoms. The molecule has 5 rings (SSSR count). The molecule has 1 aliphatic heterocycles. The zero-order valence-electron chi connectivity index (χ0n) is 17.9. The quantitative estimate of drug-likeness (QED) is 0.639. The summed E-state index contributed by atoms with van der Waals surface area (Å²) in [4.78, 5) is 10.1. The number of anilines is 1. The molecular weight excluding hydrogens is 376 g/mol. The average molecular weight is 407 g/mol. The van der Waals surface area contributed by atoms with Crippen molar-refractivity contribution >= 4 is 11.3 Å². The van der Waals surface area contributed by atoms with Gasteiger partial charge in [-0.05, 0) is 31.0 Å². The molecule has 3 heterocycles. The van der Waals surface area contributed by atoms with Gasteiger partial charge in [0.05, 0.1) is 19.9 Å². The summed E-state index contributed by atoms with van der Waals surface area (Å²) in [6, 6.07) is 11.1. The second-order valence-corrected chi connectivity index (χ2v) is 8.30. The summed E-state index contributed by atoms with van der Waals surface area (Å²) in [7, 11) is 3.34. The van der Waals surface area contributed by atoms with Crippen LogP contribution in [0.4, 0.5) is 5.69 Å². The minimum atomic E-state index is 0.765. The van der Waals surface area contributed by atoms with Crippen molar-refractivity contribution in [1.29, 1.82) is 0 Å². The van der Waals surface area contributed by atoms with Crippen LogP contribution in [-0.2, 0) is 0 Å². The summed E-state index contributed by atoms with van der Waals surface area (Å²) in [6.45, 7) is 4.51. The second-order valence-electron chi connectivity index (χ2n) is 8.30. The number of nitrogens with zero attached hydrogens (tertiary/aromatic N) is 4. The van der Waals surface area contributed by atoms with Gasteiger partial charge in [-0.15, -0.1) is 0 Å². The molecule has 1 saturated heterocycles. The molecule has 1 aromatic carbocycles. The number of benzene rings is 1.